The van der Waals surface area contributed by atoms with E-state index in [0.717, 1.165) is 44.8 Å². The first-order chi connectivity index (χ1) is 17.2. The van der Waals surface area contributed by atoms with Crippen LogP contribution in [0, 0.1) is 17.3 Å². The normalized spacial score (nSPS) is 14.5. The summed E-state index contributed by atoms with van der Waals surface area (Å²) in [4.78, 5) is 23.5. The van der Waals surface area contributed by atoms with E-state index in [4.69, 9.17) is 14.9 Å². The van der Waals surface area contributed by atoms with Crippen LogP contribution in [-0.4, -0.2) is 72.8 Å². The topological polar surface area (TPSA) is 99.9 Å². The van der Waals surface area contributed by atoms with Gasteiger partial charge in [0.2, 0.25) is 5.91 Å². The van der Waals surface area contributed by atoms with E-state index in [1.54, 1.807) is 19.4 Å². The Balaban J connectivity index is 1.74. The Labute approximate surface area is 213 Å². The molecule has 1 aliphatic heterocycles. The van der Waals surface area contributed by atoms with E-state index in [0.29, 0.717) is 22.7 Å². The Morgan fingerprint density at radius 2 is 2.03 bits per heavy atom. The molecule has 1 aliphatic rings. The van der Waals surface area contributed by atoms with Crippen LogP contribution in [0.25, 0.3) is 0 Å². The molecule has 2 aromatic rings. The van der Waals surface area contributed by atoms with Gasteiger partial charge in [0, 0.05) is 36.9 Å². The highest BCUT2D eigenvalue weighted by Crippen LogP contribution is 2.14. The van der Waals surface area contributed by atoms with E-state index >= 15 is 0 Å². The number of aliphatic imine (C=N–C) groups is 1. The first kappa shape index (κ1) is 27.1. The Morgan fingerprint density at radius 3 is 2.69 bits per heavy atom. The van der Waals surface area contributed by atoms with Crippen molar-refractivity contribution in [1.29, 1.82) is 5.41 Å². The molecule has 0 unspecified atom stereocenters. The zero-order valence-corrected chi connectivity index (χ0v) is 21.6. The minimum absolute atomic E-state index is 0.000919. The maximum Gasteiger partial charge on any atom is 0.232 e. The van der Waals surface area contributed by atoms with E-state index < -0.39 is 0 Å². The maximum absolute atomic E-state index is 12.2. The number of hydrogen-bond donors (Lipinski definition) is 2. The smallest absolute Gasteiger partial charge is 0.232 e. The molecule has 2 N–H and O–H groups in total. The van der Waals surface area contributed by atoms with Crippen LogP contribution in [0.15, 0.2) is 47.6 Å². The van der Waals surface area contributed by atoms with E-state index in [-0.39, 0.29) is 23.7 Å². The average molecular weight is 490 g/mol. The molecular weight excluding hydrogens is 454 g/mol. The number of carbonyl (C=O) groups excluding carboxylic acids is 1. The number of methoxy groups -OCH3 is 1. The third-order valence-corrected chi connectivity index (χ3v) is 5.42. The second kappa shape index (κ2) is 13.0. The van der Waals surface area contributed by atoms with Gasteiger partial charge in [-0.1, -0.05) is 24.1 Å². The molecule has 0 saturated carbocycles. The molecule has 36 heavy (non-hydrogen) atoms. The first-order valence-electron chi connectivity index (χ1n) is 12.1. The standard InChI is InChI=1S/C28H35N5O3/c1-28(2,3)32-26(34)10-6-9-24(22-7-5-8-23(19-22)35-4)31-27(29)25-12-11-21(20-30-25)13-14-33-15-17-36-18-16-33/h5,7-8,11-12,19-20,29H,10,13-18H2,1-4H3,(H,32,34)/b29-27?,31-24+. The van der Waals surface area contributed by atoms with Crippen molar-refractivity contribution in [2.24, 2.45) is 4.99 Å². The second-order valence-corrected chi connectivity index (χ2v) is 9.57. The highest BCUT2D eigenvalue weighted by atomic mass is 16.5. The highest BCUT2D eigenvalue weighted by molar-refractivity contribution is 6.19. The Morgan fingerprint density at radius 1 is 1.25 bits per heavy atom. The number of hydrogen-bond acceptors (Lipinski definition) is 6. The van der Waals surface area contributed by atoms with Crippen molar-refractivity contribution in [1.82, 2.24) is 15.2 Å². The van der Waals surface area contributed by atoms with Crippen LogP contribution < -0.4 is 10.1 Å². The summed E-state index contributed by atoms with van der Waals surface area (Å²) in [5, 5.41) is 11.4. The van der Waals surface area contributed by atoms with E-state index in [9.17, 15) is 4.79 Å². The SMILES string of the molecule is COc1cccc(/C(C#CCC(=O)NC(C)(C)C)=N/C(=N)c2ccc(CCN3CCOCC3)cn2)c1. The van der Waals surface area contributed by atoms with Gasteiger partial charge in [0.15, 0.2) is 5.84 Å². The molecule has 1 fully saturated rings. The summed E-state index contributed by atoms with van der Waals surface area (Å²) in [7, 11) is 1.59. The van der Waals surface area contributed by atoms with Gasteiger partial charge in [-0.15, -0.1) is 0 Å². The quantitative estimate of drug-likeness (QED) is 0.354. The number of nitrogens with zero attached hydrogens (tertiary/aromatic N) is 3. The molecule has 0 radical (unpaired) electrons. The Kier molecular flexibility index (Phi) is 9.74. The summed E-state index contributed by atoms with van der Waals surface area (Å²) >= 11 is 0. The monoisotopic (exact) mass is 489 g/mol. The number of pyridine rings is 1. The molecule has 8 nitrogen and oxygen atoms in total. The van der Waals surface area contributed by atoms with E-state index in [1.165, 1.54) is 0 Å². The fourth-order valence-corrected chi connectivity index (χ4v) is 3.60. The van der Waals surface area contributed by atoms with Gasteiger partial charge in [-0.2, -0.15) is 0 Å². The zero-order chi connectivity index (χ0) is 26.0. The molecule has 1 aromatic heterocycles. The molecule has 1 saturated heterocycles. The minimum Gasteiger partial charge on any atom is -0.497 e. The molecule has 0 aliphatic carbocycles. The van der Waals surface area contributed by atoms with Gasteiger partial charge in [0.25, 0.3) is 0 Å². The number of ether oxygens (including phenoxy) is 2. The number of aromatic nitrogens is 1. The Bertz CT molecular complexity index is 1130. The van der Waals surface area contributed by atoms with Crippen molar-refractivity contribution >= 4 is 17.5 Å². The molecular formula is C28H35N5O3. The van der Waals surface area contributed by atoms with Gasteiger partial charge in [0.1, 0.15) is 17.2 Å². The van der Waals surface area contributed by atoms with Crippen molar-refractivity contribution in [3.05, 3.63) is 59.4 Å². The molecule has 3 rings (SSSR count). The third-order valence-electron chi connectivity index (χ3n) is 5.42. The lowest BCUT2D eigenvalue weighted by molar-refractivity contribution is -0.121. The molecule has 0 spiro atoms. The van der Waals surface area contributed by atoms with Crippen molar-refractivity contribution in [2.75, 3.05) is 40.0 Å². The predicted octanol–water partition coefficient (Wildman–Crippen LogP) is 3.09. The summed E-state index contributed by atoms with van der Waals surface area (Å²) in [5.41, 5.74) is 2.31. The van der Waals surface area contributed by atoms with Crippen molar-refractivity contribution in [3.63, 3.8) is 0 Å². The van der Waals surface area contributed by atoms with Gasteiger partial charge in [-0.25, -0.2) is 4.99 Å². The van der Waals surface area contributed by atoms with Crippen LogP contribution in [0.3, 0.4) is 0 Å². The van der Waals surface area contributed by atoms with Gasteiger partial charge < -0.3 is 14.8 Å². The molecule has 190 valence electrons. The van der Waals surface area contributed by atoms with Crippen molar-refractivity contribution < 1.29 is 14.3 Å². The lowest BCUT2D eigenvalue weighted by Crippen LogP contribution is -2.40. The molecule has 0 bridgehead atoms. The van der Waals surface area contributed by atoms with Gasteiger partial charge >= 0.3 is 0 Å². The zero-order valence-electron chi connectivity index (χ0n) is 21.6. The van der Waals surface area contributed by atoms with Crippen molar-refractivity contribution in [2.45, 2.75) is 39.2 Å². The average Bonchev–Trinajstić information content (AvgIpc) is 2.86. The van der Waals surface area contributed by atoms with Crippen LogP contribution in [0.1, 0.15) is 44.0 Å². The van der Waals surface area contributed by atoms with E-state index in [1.807, 2.05) is 51.1 Å². The number of morpholine rings is 1. The van der Waals surface area contributed by atoms with Crippen LogP contribution in [-0.2, 0) is 16.0 Å². The first-order valence-corrected chi connectivity index (χ1v) is 12.1. The molecule has 1 amide bonds. The summed E-state index contributed by atoms with van der Waals surface area (Å²) in [6.07, 6.45) is 2.72. The van der Waals surface area contributed by atoms with Crippen LogP contribution >= 0.6 is 0 Å². The predicted molar refractivity (Wildman–Crippen MR) is 142 cm³/mol. The molecule has 8 heteroatoms. The van der Waals surface area contributed by atoms with Gasteiger partial charge in [0.05, 0.1) is 26.7 Å². The van der Waals surface area contributed by atoms with Crippen LogP contribution in [0.4, 0.5) is 0 Å². The number of rotatable bonds is 7. The van der Waals surface area contributed by atoms with Crippen molar-refractivity contribution in [3.8, 4) is 17.6 Å². The lowest BCUT2D eigenvalue weighted by Gasteiger charge is -2.26. The minimum atomic E-state index is -0.329. The number of amides is 1. The maximum atomic E-state index is 12.2. The molecule has 2 heterocycles. The second-order valence-electron chi connectivity index (χ2n) is 9.57. The fraction of sp³-hybridized carbons (Fsp3) is 0.429. The molecule has 1 aromatic carbocycles. The number of benzene rings is 1. The van der Waals surface area contributed by atoms with Crippen LogP contribution in [0.5, 0.6) is 5.75 Å². The van der Waals surface area contributed by atoms with E-state index in [2.05, 4.69) is 32.0 Å². The molecule has 0 atom stereocenters. The highest BCUT2D eigenvalue weighted by Gasteiger charge is 2.13. The van der Waals surface area contributed by atoms with Gasteiger partial charge in [-0.05, 0) is 56.9 Å². The summed E-state index contributed by atoms with van der Waals surface area (Å²) in [5.74, 6) is 6.36. The summed E-state index contributed by atoms with van der Waals surface area (Å²) in [6, 6.07) is 11.1. The van der Waals surface area contributed by atoms with Gasteiger partial charge in [-0.3, -0.25) is 20.1 Å². The van der Waals surface area contributed by atoms with Crippen LogP contribution in [0.2, 0.25) is 0 Å². The Hall–Kier alpha value is -3.54. The number of nitrogens with one attached hydrogen (secondary N) is 2. The summed E-state index contributed by atoms with van der Waals surface area (Å²) < 4.78 is 10.7. The fourth-order valence-electron chi connectivity index (χ4n) is 3.60. The largest absolute Gasteiger partial charge is 0.497 e. The lowest BCUT2D eigenvalue weighted by atomic mass is 10.1. The third kappa shape index (κ3) is 8.91. The number of carbonyl (C=O) groups is 1. The number of amidine groups is 1. The summed E-state index contributed by atoms with van der Waals surface area (Å²) in [6.45, 7) is 10.2.